The van der Waals surface area contributed by atoms with Crippen LogP contribution in [0.2, 0.25) is 0 Å². The topological polar surface area (TPSA) is 66.9 Å². The fraction of sp³-hybridized carbons (Fsp3) is 0.462. The number of thioether (sulfide) groups is 1. The molecule has 0 aromatic heterocycles. The average molecular weight is 262 g/mol. The van der Waals surface area contributed by atoms with Gasteiger partial charge in [-0.05, 0) is 25.0 Å². The number of hydrogen-bond acceptors (Lipinski definition) is 4. The van der Waals surface area contributed by atoms with Gasteiger partial charge in [0.25, 0.3) is 5.69 Å². The van der Waals surface area contributed by atoms with Gasteiger partial charge in [-0.15, -0.1) is 11.8 Å². The summed E-state index contributed by atoms with van der Waals surface area (Å²) < 4.78 is 0. The molecule has 0 unspecified atom stereocenters. The smallest absolute Gasteiger partial charge is 0.258 e. The molecule has 94 valence electrons. The standard InChI is InChI=1S/C13H14N2O2S/c14-9-10-6-7-12(8-13(10)15(16)17)18-11-4-2-1-3-5-11/h6-8,11H,1-5H2. The lowest BCUT2D eigenvalue weighted by Gasteiger charge is -2.20. The molecule has 0 bridgehead atoms. The average Bonchev–Trinajstić information content (AvgIpc) is 2.40. The van der Waals surface area contributed by atoms with Crippen LogP contribution in [-0.2, 0) is 0 Å². The first kappa shape index (κ1) is 12.9. The first-order chi connectivity index (χ1) is 8.70. The Morgan fingerprint density at radius 1 is 1.33 bits per heavy atom. The summed E-state index contributed by atoms with van der Waals surface area (Å²) in [6.45, 7) is 0. The van der Waals surface area contributed by atoms with Crippen LogP contribution in [-0.4, -0.2) is 10.2 Å². The number of nitrogens with zero attached hydrogens (tertiary/aromatic N) is 2. The molecule has 4 nitrogen and oxygen atoms in total. The van der Waals surface area contributed by atoms with Crippen molar-refractivity contribution >= 4 is 17.4 Å². The van der Waals surface area contributed by atoms with Gasteiger partial charge in [0.05, 0.1) is 4.92 Å². The molecule has 1 aliphatic carbocycles. The van der Waals surface area contributed by atoms with E-state index in [-0.39, 0.29) is 11.3 Å². The van der Waals surface area contributed by atoms with E-state index in [2.05, 4.69) is 0 Å². The molecule has 0 amide bonds. The van der Waals surface area contributed by atoms with Crippen LogP contribution in [0.5, 0.6) is 0 Å². The maximum absolute atomic E-state index is 10.9. The summed E-state index contributed by atoms with van der Waals surface area (Å²) >= 11 is 1.70. The third kappa shape index (κ3) is 3.02. The summed E-state index contributed by atoms with van der Waals surface area (Å²) in [4.78, 5) is 11.3. The molecule has 0 N–H and O–H groups in total. The van der Waals surface area contributed by atoms with Crippen LogP contribution in [0.1, 0.15) is 37.7 Å². The van der Waals surface area contributed by atoms with E-state index in [1.54, 1.807) is 17.8 Å². The zero-order valence-electron chi connectivity index (χ0n) is 9.96. The van der Waals surface area contributed by atoms with E-state index >= 15 is 0 Å². The minimum atomic E-state index is -0.483. The molecule has 1 aliphatic rings. The van der Waals surface area contributed by atoms with Crippen LogP contribution in [0.3, 0.4) is 0 Å². The molecule has 1 aromatic rings. The van der Waals surface area contributed by atoms with Gasteiger partial charge in [-0.2, -0.15) is 5.26 Å². The summed E-state index contributed by atoms with van der Waals surface area (Å²) in [6.07, 6.45) is 6.15. The summed E-state index contributed by atoms with van der Waals surface area (Å²) in [5.74, 6) is 0. The van der Waals surface area contributed by atoms with Crippen molar-refractivity contribution in [2.45, 2.75) is 42.2 Å². The number of hydrogen-bond donors (Lipinski definition) is 0. The molecule has 1 saturated carbocycles. The van der Waals surface area contributed by atoms with Crippen LogP contribution in [0.15, 0.2) is 23.1 Å². The maximum Gasteiger partial charge on any atom is 0.288 e. The van der Waals surface area contributed by atoms with Crippen molar-refractivity contribution in [3.8, 4) is 6.07 Å². The Kier molecular flexibility index (Phi) is 4.21. The monoisotopic (exact) mass is 262 g/mol. The Morgan fingerprint density at radius 2 is 2.06 bits per heavy atom. The normalized spacial score (nSPS) is 16.2. The molecular formula is C13H14N2O2S. The van der Waals surface area contributed by atoms with Gasteiger partial charge in [0.2, 0.25) is 0 Å². The van der Waals surface area contributed by atoms with Gasteiger partial charge >= 0.3 is 0 Å². The number of nitriles is 1. The first-order valence-corrected chi connectivity index (χ1v) is 6.94. The van der Waals surface area contributed by atoms with E-state index in [9.17, 15) is 10.1 Å². The summed E-state index contributed by atoms with van der Waals surface area (Å²) in [5, 5.41) is 20.3. The van der Waals surface area contributed by atoms with Crippen molar-refractivity contribution < 1.29 is 4.92 Å². The fourth-order valence-electron chi connectivity index (χ4n) is 2.21. The highest BCUT2D eigenvalue weighted by Crippen LogP contribution is 2.35. The molecule has 0 spiro atoms. The second kappa shape index (κ2) is 5.87. The molecule has 0 saturated heterocycles. The van der Waals surface area contributed by atoms with Gasteiger partial charge in [0.1, 0.15) is 11.6 Å². The molecule has 0 heterocycles. The minimum absolute atomic E-state index is 0.0849. The zero-order valence-corrected chi connectivity index (χ0v) is 10.8. The molecule has 0 radical (unpaired) electrons. The number of nitro groups is 1. The van der Waals surface area contributed by atoms with Gasteiger partial charge in [-0.3, -0.25) is 10.1 Å². The first-order valence-electron chi connectivity index (χ1n) is 6.06. The number of rotatable bonds is 3. The second-order valence-corrected chi connectivity index (χ2v) is 5.80. The van der Waals surface area contributed by atoms with Gasteiger partial charge in [-0.25, -0.2) is 0 Å². The minimum Gasteiger partial charge on any atom is -0.258 e. The van der Waals surface area contributed by atoms with E-state index in [4.69, 9.17) is 5.26 Å². The van der Waals surface area contributed by atoms with Crippen LogP contribution in [0, 0.1) is 21.4 Å². The molecule has 1 fully saturated rings. The van der Waals surface area contributed by atoms with Crippen molar-refractivity contribution in [3.63, 3.8) is 0 Å². The third-order valence-corrected chi connectivity index (χ3v) is 4.47. The zero-order chi connectivity index (χ0) is 13.0. The predicted octanol–water partition coefficient (Wildman–Crippen LogP) is 3.89. The second-order valence-electron chi connectivity index (χ2n) is 4.43. The lowest BCUT2D eigenvalue weighted by atomic mass is 10.0. The lowest BCUT2D eigenvalue weighted by molar-refractivity contribution is -0.385. The fourth-order valence-corrected chi connectivity index (χ4v) is 3.49. The largest absolute Gasteiger partial charge is 0.288 e. The van der Waals surface area contributed by atoms with E-state index in [1.165, 1.54) is 38.2 Å². The van der Waals surface area contributed by atoms with Crippen LogP contribution < -0.4 is 0 Å². The van der Waals surface area contributed by atoms with E-state index in [0.29, 0.717) is 5.25 Å². The highest BCUT2D eigenvalue weighted by atomic mass is 32.2. The predicted molar refractivity (Wildman–Crippen MR) is 70.5 cm³/mol. The van der Waals surface area contributed by atoms with Crippen LogP contribution in [0.4, 0.5) is 5.69 Å². The van der Waals surface area contributed by atoms with Gasteiger partial charge in [-0.1, -0.05) is 19.3 Å². The van der Waals surface area contributed by atoms with Gasteiger partial charge < -0.3 is 0 Å². The molecule has 5 heteroatoms. The van der Waals surface area contributed by atoms with Crippen molar-refractivity contribution in [2.75, 3.05) is 0 Å². The van der Waals surface area contributed by atoms with Gasteiger partial charge in [0.15, 0.2) is 0 Å². The molecule has 0 atom stereocenters. The summed E-state index contributed by atoms with van der Waals surface area (Å²) in [6, 6.07) is 6.74. The Labute approximate surface area is 110 Å². The van der Waals surface area contributed by atoms with Crippen LogP contribution >= 0.6 is 11.8 Å². The molecule has 0 aliphatic heterocycles. The number of benzene rings is 1. The Hall–Kier alpha value is -1.54. The van der Waals surface area contributed by atoms with E-state index in [1.807, 2.05) is 12.1 Å². The maximum atomic E-state index is 10.9. The quantitative estimate of drug-likeness (QED) is 0.612. The Morgan fingerprint density at radius 3 is 2.67 bits per heavy atom. The van der Waals surface area contributed by atoms with E-state index < -0.39 is 4.92 Å². The van der Waals surface area contributed by atoms with Crippen molar-refractivity contribution in [1.29, 1.82) is 5.26 Å². The van der Waals surface area contributed by atoms with Crippen LogP contribution in [0.25, 0.3) is 0 Å². The van der Waals surface area contributed by atoms with Crippen molar-refractivity contribution in [1.82, 2.24) is 0 Å². The molecule has 2 rings (SSSR count). The number of nitro benzene ring substituents is 1. The SMILES string of the molecule is N#Cc1ccc(SC2CCCCC2)cc1[N+](=O)[O-]. The molecular weight excluding hydrogens is 248 g/mol. The molecule has 1 aromatic carbocycles. The lowest BCUT2D eigenvalue weighted by Crippen LogP contribution is -2.07. The summed E-state index contributed by atoms with van der Waals surface area (Å²) in [7, 11) is 0. The van der Waals surface area contributed by atoms with E-state index in [0.717, 1.165) is 4.90 Å². The summed E-state index contributed by atoms with van der Waals surface area (Å²) in [5.41, 5.74) is 0.0475. The Balaban J connectivity index is 2.16. The van der Waals surface area contributed by atoms with Crippen molar-refractivity contribution in [2.24, 2.45) is 0 Å². The highest BCUT2D eigenvalue weighted by molar-refractivity contribution is 8.00. The van der Waals surface area contributed by atoms with Gasteiger partial charge in [0, 0.05) is 16.2 Å². The van der Waals surface area contributed by atoms with Crippen molar-refractivity contribution in [3.05, 3.63) is 33.9 Å². The highest BCUT2D eigenvalue weighted by Gasteiger charge is 2.18. The Bertz CT molecular complexity index is 490. The third-order valence-electron chi connectivity index (χ3n) is 3.14. The molecule has 18 heavy (non-hydrogen) atoms.